The van der Waals surface area contributed by atoms with Crippen LogP contribution in [0.2, 0.25) is 0 Å². The summed E-state index contributed by atoms with van der Waals surface area (Å²) in [5, 5.41) is 17.0. The lowest BCUT2D eigenvalue weighted by Gasteiger charge is -2.26. The number of nitrogens with one attached hydrogen (secondary N) is 2. The summed E-state index contributed by atoms with van der Waals surface area (Å²) in [7, 11) is 1.90. The van der Waals surface area contributed by atoms with Gasteiger partial charge in [-0.2, -0.15) is 0 Å². The molecule has 156 valence electrons. The van der Waals surface area contributed by atoms with E-state index in [1.54, 1.807) is 6.20 Å². The molecule has 2 saturated heterocycles. The maximum atomic E-state index is 12.2. The second-order valence-electron chi connectivity index (χ2n) is 8.34. The van der Waals surface area contributed by atoms with Crippen molar-refractivity contribution in [1.82, 2.24) is 20.2 Å². The summed E-state index contributed by atoms with van der Waals surface area (Å²) in [6, 6.07) is 0.543. The van der Waals surface area contributed by atoms with E-state index < -0.39 is 6.10 Å². The van der Waals surface area contributed by atoms with E-state index in [4.69, 9.17) is 9.47 Å². The highest BCUT2D eigenvalue weighted by molar-refractivity contribution is 5.76. The average molecular weight is 393 g/mol. The number of aliphatic hydroxyl groups excluding tert-OH is 1. The standard InChI is InChI=1S/C20H32N4O4/c1-24-8-7-21-17(24)12-23-18(25)10-14-9-15-20(27-14)19(26)16(28-15)11-22-13-5-3-2-4-6-13/h7-8,13-16,19-20,22,26H,2-6,9-12H2,1H3,(H,23,25). The number of ether oxygens (including phenoxy) is 2. The van der Waals surface area contributed by atoms with Gasteiger partial charge in [-0.05, 0) is 12.8 Å². The summed E-state index contributed by atoms with van der Waals surface area (Å²) in [5.41, 5.74) is 0. The first-order valence-electron chi connectivity index (χ1n) is 10.6. The van der Waals surface area contributed by atoms with Crippen LogP contribution in [0, 0.1) is 0 Å². The number of hydrogen-bond acceptors (Lipinski definition) is 6. The Balaban J connectivity index is 1.18. The zero-order valence-electron chi connectivity index (χ0n) is 16.5. The zero-order chi connectivity index (χ0) is 19.5. The number of aromatic nitrogens is 2. The van der Waals surface area contributed by atoms with Gasteiger partial charge in [0, 0.05) is 38.4 Å². The molecule has 1 aromatic heterocycles. The van der Waals surface area contributed by atoms with E-state index in [9.17, 15) is 9.90 Å². The maximum absolute atomic E-state index is 12.2. The van der Waals surface area contributed by atoms with Crippen LogP contribution in [-0.4, -0.2) is 63.7 Å². The first kappa shape index (κ1) is 19.8. The van der Waals surface area contributed by atoms with E-state index in [1.165, 1.54) is 32.1 Å². The largest absolute Gasteiger partial charge is 0.388 e. The molecule has 3 heterocycles. The second kappa shape index (κ2) is 8.90. The van der Waals surface area contributed by atoms with Gasteiger partial charge in [0.05, 0.1) is 31.3 Å². The molecule has 1 amide bonds. The molecule has 1 aromatic rings. The fourth-order valence-corrected chi connectivity index (χ4v) is 4.62. The molecule has 8 nitrogen and oxygen atoms in total. The highest BCUT2D eigenvalue weighted by Crippen LogP contribution is 2.35. The fraction of sp³-hybridized carbons (Fsp3) is 0.800. The zero-order valence-corrected chi connectivity index (χ0v) is 16.5. The summed E-state index contributed by atoms with van der Waals surface area (Å²) in [4.78, 5) is 16.4. The topological polar surface area (TPSA) is 97.6 Å². The third-order valence-corrected chi connectivity index (χ3v) is 6.27. The summed E-state index contributed by atoms with van der Waals surface area (Å²) in [5.74, 6) is 0.739. The summed E-state index contributed by atoms with van der Waals surface area (Å²) < 4.78 is 13.9. The van der Waals surface area contributed by atoms with E-state index in [1.807, 2.05) is 17.8 Å². The molecular weight excluding hydrogens is 360 g/mol. The summed E-state index contributed by atoms with van der Waals surface area (Å²) in [6.45, 7) is 1.06. The van der Waals surface area contributed by atoms with Crippen LogP contribution in [0.25, 0.3) is 0 Å². The number of carbonyl (C=O) groups excluding carboxylic acids is 1. The molecule has 1 saturated carbocycles. The van der Waals surface area contributed by atoms with Crippen LogP contribution < -0.4 is 10.6 Å². The van der Waals surface area contributed by atoms with Crippen molar-refractivity contribution in [2.24, 2.45) is 7.05 Å². The van der Waals surface area contributed by atoms with Gasteiger partial charge in [0.25, 0.3) is 0 Å². The lowest BCUT2D eigenvalue weighted by Crippen LogP contribution is -2.42. The van der Waals surface area contributed by atoms with Crippen molar-refractivity contribution in [2.75, 3.05) is 6.54 Å². The minimum atomic E-state index is -0.637. The monoisotopic (exact) mass is 392 g/mol. The second-order valence-corrected chi connectivity index (χ2v) is 8.34. The highest BCUT2D eigenvalue weighted by Gasteiger charge is 2.50. The van der Waals surface area contributed by atoms with E-state index in [2.05, 4.69) is 15.6 Å². The van der Waals surface area contributed by atoms with Crippen molar-refractivity contribution < 1.29 is 19.4 Å². The molecule has 4 rings (SSSR count). The lowest BCUT2D eigenvalue weighted by molar-refractivity contribution is -0.125. The SMILES string of the molecule is Cn1ccnc1CNC(=O)CC1CC2OC(CNC3CCCCC3)C(O)C2O1. The minimum Gasteiger partial charge on any atom is -0.388 e. The van der Waals surface area contributed by atoms with Gasteiger partial charge >= 0.3 is 0 Å². The number of aliphatic hydroxyl groups is 1. The van der Waals surface area contributed by atoms with Gasteiger partial charge < -0.3 is 29.8 Å². The van der Waals surface area contributed by atoms with E-state index >= 15 is 0 Å². The number of imidazole rings is 1. The third-order valence-electron chi connectivity index (χ3n) is 6.27. The number of nitrogens with zero attached hydrogens (tertiary/aromatic N) is 2. The minimum absolute atomic E-state index is 0.0713. The number of fused-ring (bicyclic) bond motifs is 1. The van der Waals surface area contributed by atoms with Crippen LogP contribution >= 0.6 is 0 Å². The first-order valence-corrected chi connectivity index (χ1v) is 10.6. The van der Waals surface area contributed by atoms with Gasteiger partial charge in [-0.3, -0.25) is 4.79 Å². The Morgan fingerprint density at radius 2 is 2.14 bits per heavy atom. The van der Waals surface area contributed by atoms with Gasteiger partial charge in [0.1, 0.15) is 18.0 Å². The molecule has 5 unspecified atom stereocenters. The number of amides is 1. The fourth-order valence-electron chi connectivity index (χ4n) is 4.62. The van der Waals surface area contributed by atoms with Crippen molar-refractivity contribution in [1.29, 1.82) is 0 Å². The van der Waals surface area contributed by atoms with Gasteiger partial charge in [-0.15, -0.1) is 0 Å². The van der Waals surface area contributed by atoms with E-state index in [0.29, 0.717) is 25.6 Å². The Labute approximate surface area is 166 Å². The number of aryl methyl sites for hydroxylation is 1. The Hall–Kier alpha value is -1.48. The first-order chi connectivity index (χ1) is 13.6. The molecule has 0 spiro atoms. The van der Waals surface area contributed by atoms with Crippen molar-refractivity contribution >= 4 is 5.91 Å². The lowest BCUT2D eigenvalue weighted by atomic mass is 9.95. The van der Waals surface area contributed by atoms with E-state index in [0.717, 1.165) is 5.82 Å². The molecular formula is C20H32N4O4. The number of rotatable bonds is 7. The average Bonchev–Trinajstić information content (AvgIpc) is 3.36. The maximum Gasteiger partial charge on any atom is 0.222 e. The van der Waals surface area contributed by atoms with Crippen LogP contribution in [0.15, 0.2) is 12.4 Å². The third kappa shape index (κ3) is 4.56. The molecule has 3 fully saturated rings. The summed E-state index contributed by atoms with van der Waals surface area (Å²) in [6.07, 6.45) is 9.27. The molecule has 0 aromatic carbocycles. The van der Waals surface area contributed by atoms with Crippen molar-refractivity contribution in [3.05, 3.63) is 18.2 Å². The smallest absolute Gasteiger partial charge is 0.222 e. The molecule has 8 heteroatoms. The van der Waals surface area contributed by atoms with E-state index in [-0.39, 0.29) is 36.7 Å². The van der Waals surface area contributed by atoms with Crippen LogP contribution in [0.3, 0.4) is 0 Å². The van der Waals surface area contributed by atoms with Gasteiger partial charge in [0.15, 0.2) is 0 Å². The normalized spacial score (nSPS) is 33.1. The van der Waals surface area contributed by atoms with Crippen LogP contribution in [-0.2, 0) is 27.9 Å². The molecule has 2 aliphatic heterocycles. The molecule has 5 atom stereocenters. The highest BCUT2D eigenvalue weighted by atomic mass is 16.6. The Morgan fingerprint density at radius 3 is 2.86 bits per heavy atom. The van der Waals surface area contributed by atoms with Crippen molar-refractivity contribution in [3.8, 4) is 0 Å². The molecule has 28 heavy (non-hydrogen) atoms. The number of carbonyl (C=O) groups is 1. The summed E-state index contributed by atoms with van der Waals surface area (Å²) >= 11 is 0. The molecule has 1 aliphatic carbocycles. The van der Waals surface area contributed by atoms with Crippen molar-refractivity contribution in [2.45, 2.75) is 88.1 Å². The van der Waals surface area contributed by atoms with Crippen molar-refractivity contribution in [3.63, 3.8) is 0 Å². The van der Waals surface area contributed by atoms with Gasteiger partial charge in [-0.25, -0.2) is 4.98 Å². The predicted molar refractivity (Wildman–Crippen MR) is 102 cm³/mol. The Kier molecular flexibility index (Phi) is 6.30. The molecule has 0 bridgehead atoms. The molecule has 3 aliphatic rings. The van der Waals surface area contributed by atoms with Crippen LogP contribution in [0.5, 0.6) is 0 Å². The van der Waals surface area contributed by atoms with Gasteiger partial charge in [0.2, 0.25) is 5.91 Å². The quantitative estimate of drug-likeness (QED) is 0.630. The predicted octanol–water partition coefficient (Wildman–Crippen LogP) is 0.635. The Morgan fingerprint density at radius 1 is 1.32 bits per heavy atom. The van der Waals surface area contributed by atoms with Crippen LogP contribution in [0.4, 0.5) is 0 Å². The number of hydrogen-bond donors (Lipinski definition) is 3. The Bertz CT molecular complexity index is 660. The molecule has 0 radical (unpaired) electrons. The van der Waals surface area contributed by atoms with Crippen LogP contribution in [0.1, 0.15) is 50.8 Å². The van der Waals surface area contributed by atoms with Gasteiger partial charge in [-0.1, -0.05) is 19.3 Å². The molecule has 3 N–H and O–H groups in total.